The largest absolute Gasteiger partial charge is 0.492 e. The molecule has 0 unspecified atom stereocenters. The van der Waals surface area contributed by atoms with E-state index < -0.39 is 0 Å². The maximum atomic E-state index is 6.14. The van der Waals surface area contributed by atoms with Gasteiger partial charge >= 0.3 is 0 Å². The van der Waals surface area contributed by atoms with Gasteiger partial charge in [0.2, 0.25) is 0 Å². The molecule has 3 heteroatoms. The normalized spacial score (nSPS) is 14.4. The Kier molecular flexibility index (Phi) is 6.50. The van der Waals surface area contributed by atoms with E-state index in [2.05, 4.69) is 76.6 Å². The summed E-state index contributed by atoms with van der Waals surface area (Å²) in [5.74, 6) is 0.927. The van der Waals surface area contributed by atoms with Crippen LogP contribution in [0.15, 0.2) is 90.5 Å². The lowest BCUT2D eigenvalue weighted by Gasteiger charge is -2.28. The maximum Gasteiger partial charge on any atom is 0.128 e. The summed E-state index contributed by atoms with van der Waals surface area (Å²) in [4.78, 5) is 7.11. The number of pyridine rings is 1. The SMILES string of the molecule is Cc1ccc2c(OCCN3CCC(=Cc4cccc(-c5ccccc5)c4)CC3)cccc2n1. The highest BCUT2D eigenvalue weighted by molar-refractivity contribution is 5.85. The maximum absolute atomic E-state index is 6.14. The number of likely N-dealkylation sites (tertiary alicyclic amines) is 1. The van der Waals surface area contributed by atoms with Crippen molar-refractivity contribution in [2.24, 2.45) is 0 Å². The van der Waals surface area contributed by atoms with Gasteiger partial charge < -0.3 is 4.74 Å². The number of hydrogen-bond acceptors (Lipinski definition) is 3. The molecular weight excluding hydrogens is 404 g/mol. The number of benzene rings is 3. The van der Waals surface area contributed by atoms with E-state index in [4.69, 9.17) is 4.74 Å². The molecule has 0 bridgehead atoms. The zero-order chi connectivity index (χ0) is 22.5. The third kappa shape index (κ3) is 5.32. The molecule has 0 saturated carbocycles. The highest BCUT2D eigenvalue weighted by atomic mass is 16.5. The van der Waals surface area contributed by atoms with Crippen LogP contribution in [0.1, 0.15) is 24.1 Å². The average Bonchev–Trinajstić information content (AvgIpc) is 2.86. The van der Waals surface area contributed by atoms with Crippen LogP contribution in [0, 0.1) is 6.92 Å². The molecule has 1 aromatic heterocycles. The standard InChI is InChI=1S/C30H30N2O/c1-23-13-14-28-29(31-23)11-6-12-30(28)33-20-19-32-17-15-24(16-18-32)21-25-7-5-10-27(22-25)26-8-3-2-4-9-26/h2-14,21-22H,15-20H2,1H3. The highest BCUT2D eigenvalue weighted by Crippen LogP contribution is 2.26. The molecule has 5 rings (SSSR count). The van der Waals surface area contributed by atoms with Gasteiger partial charge in [0.15, 0.2) is 0 Å². The minimum absolute atomic E-state index is 0.700. The van der Waals surface area contributed by atoms with Crippen molar-refractivity contribution in [1.82, 2.24) is 9.88 Å². The van der Waals surface area contributed by atoms with E-state index in [9.17, 15) is 0 Å². The number of rotatable bonds is 6. The lowest BCUT2D eigenvalue weighted by Crippen LogP contribution is -2.34. The van der Waals surface area contributed by atoms with Crippen molar-refractivity contribution < 1.29 is 4.74 Å². The van der Waals surface area contributed by atoms with Crippen LogP contribution in [0.3, 0.4) is 0 Å². The number of aryl methyl sites for hydroxylation is 1. The van der Waals surface area contributed by atoms with E-state index in [1.807, 2.05) is 31.2 Å². The molecule has 1 saturated heterocycles. The molecule has 33 heavy (non-hydrogen) atoms. The molecule has 0 amide bonds. The van der Waals surface area contributed by atoms with Crippen LogP contribution in [-0.4, -0.2) is 36.1 Å². The summed E-state index contributed by atoms with van der Waals surface area (Å²) in [6.45, 7) is 5.84. The van der Waals surface area contributed by atoms with Crippen LogP contribution in [0.4, 0.5) is 0 Å². The van der Waals surface area contributed by atoms with Crippen molar-refractivity contribution in [3.8, 4) is 16.9 Å². The predicted molar refractivity (Wildman–Crippen MR) is 138 cm³/mol. The summed E-state index contributed by atoms with van der Waals surface area (Å²) < 4.78 is 6.14. The monoisotopic (exact) mass is 434 g/mol. The molecule has 0 atom stereocenters. The van der Waals surface area contributed by atoms with Crippen molar-refractivity contribution in [2.45, 2.75) is 19.8 Å². The number of nitrogens with zero attached hydrogens (tertiary/aromatic N) is 2. The molecule has 0 aliphatic carbocycles. The first-order valence-electron chi connectivity index (χ1n) is 11.8. The van der Waals surface area contributed by atoms with Gasteiger partial charge in [-0.2, -0.15) is 0 Å². The van der Waals surface area contributed by atoms with Gasteiger partial charge in [0, 0.05) is 30.7 Å². The molecule has 166 valence electrons. The van der Waals surface area contributed by atoms with Gasteiger partial charge in [-0.25, -0.2) is 0 Å². The highest BCUT2D eigenvalue weighted by Gasteiger charge is 2.14. The number of ether oxygens (including phenoxy) is 1. The Morgan fingerprint density at radius 3 is 2.48 bits per heavy atom. The molecule has 2 heterocycles. The van der Waals surface area contributed by atoms with Crippen LogP contribution in [0.25, 0.3) is 28.1 Å². The second kappa shape index (κ2) is 10.0. The minimum atomic E-state index is 0.700. The Labute approximate surface area is 196 Å². The van der Waals surface area contributed by atoms with Gasteiger partial charge in [0.05, 0.1) is 5.52 Å². The van der Waals surface area contributed by atoms with E-state index in [-0.39, 0.29) is 0 Å². The Morgan fingerprint density at radius 2 is 1.64 bits per heavy atom. The summed E-state index contributed by atoms with van der Waals surface area (Å²) >= 11 is 0. The first-order chi connectivity index (χ1) is 16.2. The lowest BCUT2D eigenvalue weighted by molar-refractivity contribution is 0.200. The molecule has 1 fully saturated rings. The molecule has 0 radical (unpaired) electrons. The summed E-state index contributed by atoms with van der Waals surface area (Å²) in [7, 11) is 0. The Bertz CT molecular complexity index is 1250. The number of aromatic nitrogens is 1. The number of hydrogen-bond donors (Lipinski definition) is 0. The molecule has 0 spiro atoms. The smallest absolute Gasteiger partial charge is 0.128 e. The average molecular weight is 435 g/mol. The summed E-state index contributed by atoms with van der Waals surface area (Å²) in [6, 6.07) is 29.7. The zero-order valence-electron chi connectivity index (χ0n) is 19.2. The van der Waals surface area contributed by atoms with Crippen LogP contribution in [-0.2, 0) is 0 Å². The lowest BCUT2D eigenvalue weighted by atomic mass is 9.98. The third-order valence-electron chi connectivity index (χ3n) is 6.36. The van der Waals surface area contributed by atoms with Crippen molar-refractivity contribution in [3.05, 3.63) is 102 Å². The zero-order valence-corrected chi connectivity index (χ0v) is 19.2. The van der Waals surface area contributed by atoms with Gasteiger partial charge in [0.1, 0.15) is 12.4 Å². The second-order valence-electron chi connectivity index (χ2n) is 8.76. The van der Waals surface area contributed by atoms with Crippen LogP contribution in [0.2, 0.25) is 0 Å². The molecule has 1 aliphatic rings. The third-order valence-corrected chi connectivity index (χ3v) is 6.36. The second-order valence-corrected chi connectivity index (χ2v) is 8.76. The van der Waals surface area contributed by atoms with Crippen molar-refractivity contribution in [3.63, 3.8) is 0 Å². The summed E-state index contributed by atoms with van der Waals surface area (Å²) in [6.07, 6.45) is 4.62. The fourth-order valence-electron chi connectivity index (χ4n) is 4.52. The Hall–Kier alpha value is -3.43. The van der Waals surface area contributed by atoms with Crippen molar-refractivity contribution in [1.29, 1.82) is 0 Å². The Balaban J connectivity index is 1.15. The molecule has 0 N–H and O–H groups in total. The van der Waals surface area contributed by atoms with E-state index in [0.717, 1.165) is 54.8 Å². The molecule has 4 aromatic rings. The molecule has 3 nitrogen and oxygen atoms in total. The van der Waals surface area contributed by atoms with E-state index >= 15 is 0 Å². The van der Waals surface area contributed by atoms with E-state index in [1.165, 1.54) is 22.3 Å². The first kappa shape index (κ1) is 21.4. The van der Waals surface area contributed by atoms with E-state index in [0.29, 0.717) is 6.61 Å². The van der Waals surface area contributed by atoms with Gasteiger partial charge in [-0.05, 0) is 66.8 Å². The summed E-state index contributed by atoms with van der Waals surface area (Å²) in [5.41, 5.74) is 7.40. The molecule has 3 aromatic carbocycles. The fraction of sp³-hybridized carbons (Fsp3) is 0.233. The number of piperidine rings is 1. The predicted octanol–water partition coefficient (Wildman–Crippen LogP) is 6.77. The van der Waals surface area contributed by atoms with Gasteiger partial charge in [-0.1, -0.05) is 66.2 Å². The Morgan fingerprint density at radius 1 is 0.848 bits per heavy atom. The molecule has 1 aliphatic heterocycles. The quantitative estimate of drug-likeness (QED) is 0.335. The van der Waals surface area contributed by atoms with Gasteiger partial charge in [-0.3, -0.25) is 9.88 Å². The number of fused-ring (bicyclic) bond motifs is 1. The van der Waals surface area contributed by atoms with Crippen LogP contribution in [0.5, 0.6) is 5.75 Å². The van der Waals surface area contributed by atoms with Gasteiger partial charge in [0.25, 0.3) is 0 Å². The molecular formula is C30H30N2O. The van der Waals surface area contributed by atoms with Crippen molar-refractivity contribution in [2.75, 3.05) is 26.2 Å². The van der Waals surface area contributed by atoms with Crippen molar-refractivity contribution >= 4 is 17.0 Å². The van der Waals surface area contributed by atoms with Crippen LogP contribution >= 0.6 is 0 Å². The fourth-order valence-corrected chi connectivity index (χ4v) is 4.52. The topological polar surface area (TPSA) is 25.4 Å². The van der Waals surface area contributed by atoms with Gasteiger partial charge in [-0.15, -0.1) is 0 Å². The first-order valence-corrected chi connectivity index (χ1v) is 11.8. The van der Waals surface area contributed by atoms with E-state index in [1.54, 1.807) is 0 Å². The summed E-state index contributed by atoms with van der Waals surface area (Å²) in [5, 5.41) is 1.09. The minimum Gasteiger partial charge on any atom is -0.492 e. The van der Waals surface area contributed by atoms with Crippen LogP contribution < -0.4 is 4.74 Å².